The fraction of sp³-hybridized carbons (Fsp3) is 0.783. The average Bonchev–Trinajstić information content (AvgIpc) is 2.69. The molecule has 0 aliphatic carbocycles. The Morgan fingerprint density at radius 2 is 1.45 bits per heavy atom. The second kappa shape index (κ2) is 19.8. The van der Waals surface area contributed by atoms with Gasteiger partial charge in [0.05, 0.1) is 0 Å². The number of hydrogen-bond donors (Lipinski definition) is 3. The monoisotopic (exact) mass is 441 g/mol. The van der Waals surface area contributed by atoms with Crippen molar-refractivity contribution in [1.29, 1.82) is 0 Å². The van der Waals surface area contributed by atoms with Gasteiger partial charge in [0, 0.05) is 31.3 Å². The lowest BCUT2D eigenvalue weighted by molar-refractivity contribution is -0.127. The van der Waals surface area contributed by atoms with Gasteiger partial charge in [0.2, 0.25) is 12.3 Å². The quantitative estimate of drug-likeness (QED) is 0.235. The van der Waals surface area contributed by atoms with Crippen LogP contribution in [0.5, 0.6) is 0 Å². The number of hydrogen-bond acceptors (Lipinski definition) is 6. The summed E-state index contributed by atoms with van der Waals surface area (Å²) in [5.74, 6) is -0.0765. The fourth-order valence-electron chi connectivity index (χ4n) is 2.80. The number of carbonyl (C=O) groups is 5. The van der Waals surface area contributed by atoms with Crippen molar-refractivity contribution in [2.45, 2.75) is 111 Å². The molecule has 180 valence electrons. The summed E-state index contributed by atoms with van der Waals surface area (Å²) < 4.78 is 0. The molecule has 0 aromatic heterocycles. The maximum atomic E-state index is 12.2. The smallest absolute Gasteiger partial charge is 0.242 e. The van der Waals surface area contributed by atoms with Crippen molar-refractivity contribution < 1.29 is 24.0 Å². The van der Waals surface area contributed by atoms with Gasteiger partial charge in [-0.1, -0.05) is 26.2 Å². The summed E-state index contributed by atoms with van der Waals surface area (Å²) in [6.45, 7) is 8.73. The van der Waals surface area contributed by atoms with Crippen LogP contribution in [0.25, 0.3) is 0 Å². The molecule has 0 radical (unpaired) electrons. The molecule has 0 spiro atoms. The predicted octanol–water partition coefficient (Wildman–Crippen LogP) is 2.48. The number of rotatable bonds is 17. The molecule has 3 atom stereocenters. The van der Waals surface area contributed by atoms with Gasteiger partial charge in [0.1, 0.15) is 23.4 Å². The molecular formula is C23H43N3O5. The number of amides is 2. The Labute approximate surface area is 187 Å². The maximum absolute atomic E-state index is 12.2. The first kappa shape index (κ1) is 31.1. The van der Waals surface area contributed by atoms with Gasteiger partial charge in [-0.05, 0) is 54.0 Å². The third-order valence-corrected chi connectivity index (χ3v) is 4.83. The molecule has 0 rings (SSSR count). The zero-order chi connectivity index (χ0) is 24.2. The highest BCUT2D eigenvalue weighted by atomic mass is 16.2. The summed E-state index contributed by atoms with van der Waals surface area (Å²) in [7, 11) is 1.91. The minimum atomic E-state index is -0.734. The third kappa shape index (κ3) is 20.9. The van der Waals surface area contributed by atoms with Crippen LogP contribution in [0.3, 0.4) is 0 Å². The van der Waals surface area contributed by atoms with Gasteiger partial charge in [0.25, 0.3) is 0 Å². The zero-order valence-electron chi connectivity index (χ0n) is 20.2. The highest BCUT2D eigenvalue weighted by Gasteiger charge is 2.22. The first-order chi connectivity index (χ1) is 14.6. The van der Waals surface area contributed by atoms with E-state index in [2.05, 4.69) is 29.8 Å². The number of carbonyl (C=O) groups excluding carboxylic acids is 5. The van der Waals surface area contributed by atoms with E-state index < -0.39 is 6.04 Å². The number of unbranched alkanes of at least 4 members (excludes halogenated alkanes) is 2. The van der Waals surface area contributed by atoms with Crippen molar-refractivity contribution in [2.75, 3.05) is 7.05 Å². The van der Waals surface area contributed by atoms with Crippen molar-refractivity contribution in [2.24, 2.45) is 0 Å². The van der Waals surface area contributed by atoms with E-state index in [0.29, 0.717) is 18.9 Å². The minimum absolute atomic E-state index is 0.0189. The second-order valence-corrected chi connectivity index (χ2v) is 8.12. The van der Waals surface area contributed by atoms with Gasteiger partial charge in [-0.3, -0.25) is 14.4 Å². The lowest BCUT2D eigenvalue weighted by Gasteiger charge is -2.21. The predicted molar refractivity (Wildman–Crippen MR) is 123 cm³/mol. The first-order valence-electron chi connectivity index (χ1n) is 11.2. The van der Waals surface area contributed by atoms with Crippen molar-refractivity contribution in [1.82, 2.24) is 16.0 Å². The Hall–Kier alpha value is -2.09. The van der Waals surface area contributed by atoms with E-state index in [9.17, 15) is 24.0 Å². The SMILES string of the molecule is CCCCCC(CC(C)=O)NC(=O)C(CCC(C)=O)NC=O.CNC(C)CCC(C)=O. The number of Topliss-reactive ketones (excluding diaryl/α,β-unsaturated/α-hetero) is 3. The zero-order valence-corrected chi connectivity index (χ0v) is 20.2. The van der Waals surface area contributed by atoms with E-state index in [4.69, 9.17) is 0 Å². The molecule has 8 nitrogen and oxygen atoms in total. The lowest BCUT2D eigenvalue weighted by Crippen LogP contribution is -2.48. The third-order valence-electron chi connectivity index (χ3n) is 4.83. The molecule has 0 aromatic carbocycles. The van der Waals surface area contributed by atoms with Crippen molar-refractivity contribution in [3.05, 3.63) is 0 Å². The van der Waals surface area contributed by atoms with E-state index in [-0.39, 0.29) is 48.6 Å². The molecule has 3 unspecified atom stereocenters. The van der Waals surface area contributed by atoms with Gasteiger partial charge < -0.3 is 25.5 Å². The van der Waals surface area contributed by atoms with Gasteiger partial charge in [-0.2, -0.15) is 0 Å². The summed E-state index contributed by atoms with van der Waals surface area (Å²) in [6.07, 6.45) is 6.67. The Morgan fingerprint density at radius 1 is 0.871 bits per heavy atom. The van der Waals surface area contributed by atoms with E-state index in [1.165, 1.54) is 13.8 Å². The standard InChI is InChI=1S/C16H28N2O4.C7H15NO/c1-4-5-6-7-14(10-13(3)21)18-16(22)15(17-11-19)9-8-12(2)20;1-6(8-3)4-5-7(2)9/h11,14-15H,4-10H2,1-3H3,(H,17,19)(H,18,22);6,8H,4-5H2,1-3H3. The molecule has 0 aliphatic rings. The van der Waals surface area contributed by atoms with Crippen LogP contribution in [-0.2, 0) is 24.0 Å². The van der Waals surface area contributed by atoms with Crippen LogP contribution in [0.2, 0.25) is 0 Å². The Kier molecular flexibility index (Phi) is 19.9. The summed E-state index contributed by atoms with van der Waals surface area (Å²) in [6, 6.07) is -0.485. The molecule has 0 aliphatic heterocycles. The minimum Gasteiger partial charge on any atom is -0.351 e. The highest BCUT2D eigenvalue weighted by Crippen LogP contribution is 2.08. The van der Waals surface area contributed by atoms with Crippen molar-refractivity contribution in [3.63, 3.8) is 0 Å². The van der Waals surface area contributed by atoms with Crippen molar-refractivity contribution >= 4 is 29.7 Å². The summed E-state index contributed by atoms with van der Waals surface area (Å²) in [4.78, 5) is 55.6. The molecule has 3 N–H and O–H groups in total. The Balaban J connectivity index is 0. The van der Waals surface area contributed by atoms with Gasteiger partial charge >= 0.3 is 0 Å². The van der Waals surface area contributed by atoms with Crippen LogP contribution >= 0.6 is 0 Å². The lowest BCUT2D eigenvalue weighted by atomic mass is 10.0. The fourth-order valence-corrected chi connectivity index (χ4v) is 2.80. The molecule has 0 saturated carbocycles. The van der Waals surface area contributed by atoms with E-state index in [1.54, 1.807) is 6.92 Å². The molecule has 0 heterocycles. The maximum Gasteiger partial charge on any atom is 0.242 e. The van der Waals surface area contributed by atoms with Gasteiger partial charge in [0.15, 0.2) is 0 Å². The van der Waals surface area contributed by atoms with Crippen LogP contribution in [0.1, 0.15) is 92.4 Å². The topological polar surface area (TPSA) is 121 Å². The molecule has 0 fully saturated rings. The second-order valence-electron chi connectivity index (χ2n) is 8.12. The molecule has 2 amide bonds. The van der Waals surface area contributed by atoms with Gasteiger partial charge in [-0.15, -0.1) is 0 Å². The van der Waals surface area contributed by atoms with Crippen molar-refractivity contribution in [3.8, 4) is 0 Å². The van der Waals surface area contributed by atoms with E-state index in [0.717, 1.165) is 32.1 Å². The molecular weight excluding hydrogens is 398 g/mol. The number of ketones is 3. The van der Waals surface area contributed by atoms with Crippen LogP contribution in [0.4, 0.5) is 0 Å². The van der Waals surface area contributed by atoms with Crippen LogP contribution in [-0.4, -0.2) is 54.8 Å². The molecule has 0 saturated heterocycles. The molecule has 31 heavy (non-hydrogen) atoms. The van der Waals surface area contributed by atoms with Crippen LogP contribution in [0, 0.1) is 0 Å². The summed E-state index contributed by atoms with van der Waals surface area (Å²) in [5.41, 5.74) is 0. The summed E-state index contributed by atoms with van der Waals surface area (Å²) in [5, 5.41) is 8.33. The summed E-state index contributed by atoms with van der Waals surface area (Å²) >= 11 is 0. The first-order valence-corrected chi connectivity index (χ1v) is 11.2. The largest absolute Gasteiger partial charge is 0.351 e. The molecule has 0 aromatic rings. The molecule has 8 heteroatoms. The average molecular weight is 442 g/mol. The van der Waals surface area contributed by atoms with Crippen LogP contribution < -0.4 is 16.0 Å². The van der Waals surface area contributed by atoms with Crippen LogP contribution in [0.15, 0.2) is 0 Å². The Morgan fingerprint density at radius 3 is 1.90 bits per heavy atom. The van der Waals surface area contributed by atoms with E-state index in [1.807, 2.05) is 7.05 Å². The Bertz CT molecular complexity index is 551. The molecule has 0 bridgehead atoms. The van der Waals surface area contributed by atoms with Gasteiger partial charge in [-0.25, -0.2) is 0 Å². The highest BCUT2D eigenvalue weighted by molar-refractivity contribution is 5.85. The normalized spacial score (nSPS) is 13.1. The number of nitrogens with one attached hydrogen (secondary N) is 3. The van der Waals surface area contributed by atoms with E-state index >= 15 is 0 Å².